The van der Waals surface area contributed by atoms with E-state index in [0.717, 1.165) is 56.8 Å². The molecule has 138 valence electrons. The fourth-order valence-electron chi connectivity index (χ4n) is 3.96. The number of carboxylic acid groups (broad SMARTS) is 1. The Kier molecular flexibility index (Phi) is 5.37. The normalized spacial score (nSPS) is 18.2. The van der Waals surface area contributed by atoms with Gasteiger partial charge in [0, 0.05) is 49.5 Å². The van der Waals surface area contributed by atoms with Crippen molar-refractivity contribution in [3.8, 4) is 5.75 Å². The zero-order valence-electron chi connectivity index (χ0n) is 15.5. The Labute approximate surface area is 150 Å². The number of hydrogen-bond donors (Lipinski definition) is 1. The summed E-state index contributed by atoms with van der Waals surface area (Å²) in [7, 11) is 3.88. The second kappa shape index (κ2) is 7.52. The fourth-order valence-corrected chi connectivity index (χ4v) is 3.96. The van der Waals surface area contributed by atoms with Crippen LogP contribution in [0.4, 0.5) is 10.5 Å². The zero-order chi connectivity index (χ0) is 18.0. The fraction of sp³-hybridized carbons (Fsp3) is 0.632. The van der Waals surface area contributed by atoms with Crippen LogP contribution in [0.3, 0.4) is 0 Å². The highest BCUT2D eigenvalue weighted by atomic mass is 16.5. The van der Waals surface area contributed by atoms with Crippen LogP contribution in [0.25, 0.3) is 0 Å². The van der Waals surface area contributed by atoms with Gasteiger partial charge in [-0.15, -0.1) is 0 Å². The van der Waals surface area contributed by atoms with Gasteiger partial charge in [0.15, 0.2) is 0 Å². The molecule has 0 spiro atoms. The third kappa shape index (κ3) is 3.54. The molecule has 6 heteroatoms. The molecular formula is C19H29N3O3. The van der Waals surface area contributed by atoms with Crippen LogP contribution in [-0.2, 0) is 19.4 Å². The van der Waals surface area contributed by atoms with Crippen LogP contribution in [0, 0.1) is 0 Å². The molecule has 3 rings (SSSR count). The third-order valence-corrected chi connectivity index (χ3v) is 5.37. The van der Waals surface area contributed by atoms with Crippen molar-refractivity contribution in [2.45, 2.75) is 32.7 Å². The number of aryl methyl sites for hydroxylation is 1. The summed E-state index contributed by atoms with van der Waals surface area (Å²) in [6.45, 7) is 7.20. The highest BCUT2D eigenvalue weighted by Crippen LogP contribution is 2.39. The van der Waals surface area contributed by atoms with E-state index in [1.807, 2.05) is 0 Å². The van der Waals surface area contributed by atoms with E-state index < -0.39 is 6.09 Å². The molecule has 1 aromatic carbocycles. The lowest BCUT2D eigenvalue weighted by atomic mass is 9.91. The molecule has 0 aromatic heterocycles. The van der Waals surface area contributed by atoms with E-state index in [1.54, 1.807) is 7.11 Å². The van der Waals surface area contributed by atoms with Gasteiger partial charge in [0.1, 0.15) is 5.75 Å². The maximum atomic E-state index is 11.5. The van der Waals surface area contributed by atoms with Gasteiger partial charge in [-0.2, -0.15) is 0 Å². The second-order valence-corrected chi connectivity index (χ2v) is 7.04. The van der Waals surface area contributed by atoms with Crippen LogP contribution in [-0.4, -0.2) is 67.9 Å². The lowest BCUT2D eigenvalue weighted by Gasteiger charge is -2.38. The predicted octanol–water partition coefficient (Wildman–Crippen LogP) is 2.44. The number of anilines is 1. The minimum atomic E-state index is -0.841. The van der Waals surface area contributed by atoms with Gasteiger partial charge in [0.25, 0.3) is 0 Å². The number of fused-ring (bicyclic) bond motifs is 1. The molecule has 1 amide bonds. The molecule has 2 heterocycles. The minimum Gasteiger partial charge on any atom is -0.496 e. The van der Waals surface area contributed by atoms with Crippen LogP contribution in [0.1, 0.15) is 30.0 Å². The van der Waals surface area contributed by atoms with E-state index in [4.69, 9.17) is 4.74 Å². The quantitative estimate of drug-likeness (QED) is 0.907. The first-order valence-electron chi connectivity index (χ1n) is 9.18. The van der Waals surface area contributed by atoms with E-state index >= 15 is 0 Å². The lowest BCUT2D eigenvalue weighted by molar-refractivity contribution is 0.139. The molecule has 0 atom stereocenters. The highest BCUT2D eigenvalue weighted by molar-refractivity contribution is 5.70. The summed E-state index contributed by atoms with van der Waals surface area (Å²) in [4.78, 5) is 17.8. The van der Waals surface area contributed by atoms with Crippen LogP contribution in [0.5, 0.6) is 5.75 Å². The van der Waals surface area contributed by atoms with Gasteiger partial charge in [-0.3, -0.25) is 0 Å². The number of amides is 1. The highest BCUT2D eigenvalue weighted by Gasteiger charge is 2.29. The standard InChI is InChI=1S/C19H29N3O3/c1-4-5-14-12-17(21-10-8-20(2)9-11-21)16-13-22(19(23)24)7-6-15(16)18(14)25-3/h12H,4-11,13H2,1-3H3,(H,23,24). The number of benzene rings is 1. The Morgan fingerprint density at radius 1 is 1.20 bits per heavy atom. The van der Waals surface area contributed by atoms with Gasteiger partial charge in [-0.05, 0) is 31.5 Å². The van der Waals surface area contributed by atoms with Crippen molar-refractivity contribution in [3.05, 3.63) is 22.8 Å². The van der Waals surface area contributed by atoms with Crippen molar-refractivity contribution < 1.29 is 14.6 Å². The Morgan fingerprint density at radius 2 is 1.92 bits per heavy atom. The largest absolute Gasteiger partial charge is 0.496 e. The number of likely N-dealkylation sites (N-methyl/N-ethyl adjacent to an activating group) is 1. The maximum absolute atomic E-state index is 11.5. The van der Waals surface area contributed by atoms with Gasteiger partial charge in [-0.1, -0.05) is 13.3 Å². The molecule has 1 N–H and O–H groups in total. The van der Waals surface area contributed by atoms with Crippen molar-refractivity contribution in [3.63, 3.8) is 0 Å². The molecule has 0 unspecified atom stereocenters. The molecule has 0 bridgehead atoms. The molecule has 1 aromatic rings. The number of ether oxygens (including phenoxy) is 1. The topological polar surface area (TPSA) is 56.2 Å². The molecule has 1 fully saturated rings. The molecule has 1 saturated heterocycles. The van der Waals surface area contributed by atoms with Crippen LogP contribution in [0.2, 0.25) is 0 Å². The van der Waals surface area contributed by atoms with Gasteiger partial charge in [-0.25, -0.2) is 4.79 Å². The smallest absolute Gasteiger partial charge is 0.407 e. The summed E-state index contributed by atoms with van der Waals surface area (Å²) in [5.41, 5.74) is 4.80. The lowest BCUT2D eigenvalue weighted by Crippen LogP contribution is -2.45. The average Bonchev–Trinajstić information content (AvgIpc) is 2.61. The number of methoxy groups -OCH3 is 1. The van der Waals surface area contributed by atoms with Gasteiger partial charge in [0.2, 0.25) is 0 Å². The van der Waals surface area contributed by atoms with Gasteiger partial charge in [0.05, 0.1) is 13.7 Å². The summed E-state index contributed by atoms with van der Waals surface area (Å²) in [5.74, 6) is 0.972. The Balaban J connectivity index is 2.05. The van der Waals surface area contributed by atoms with Crippen molar-refractivity contribution in [1.82, 2.24) is 9.80 Å². The number of nitrogens with zero attached hydrogens (tertiary/aromatic N) is 3. The molecule has 6 nitrogen and oxygen atoms in total. The summed E-state index contributed by atoms with van der Waals surface area (Å²) >= 11 is 0. The van der Waals surface area contributed by atoms with Gasteiger partial charge < -0.3 is 24.5 Å². The van der Waals surface area contributed by atoms with Crippen molar-refractivity contribution in [1.29, 1.82) is 0 Å². The van der Waals surface area contributed by atoms with Crippen molar-refractivity contribution in [2.75, 3.05) is 51.8 Å². The van der Waals surface area contributed by atoms with E-state index in [0.29, 0.717) is 13.1 Å². The monoisotopic (exact) mass is 347 g/mol. The predicted molar refractivity (Wildman–Crippen MR) is 98.8 cm³/mol. The Morgan fingerprint density at radius 3 is 2.52 bits per heavy atom. The van der Waals surface area contributed by atoms with Crippen LogP contribution in [0.15, 0.2) is 6.07 Å². The summed E-state index contributed by atoms with van der Waals surface area (Å²) in [6.07, 6.45) is 1.94. The SMILES string of the molecule is CCCc1cc(N2CCN(C)CC2)c2c(c1OC)CCN(C(=O)O)C2. The summed E-state index contributed by atoms with van der Waals surface area (Å²) in [5, 5.41) is 9.44. The van der Waals surface area contributed by atoms with Gasteiger partial charge >= 0.3 is 6.09 Å². The van der Waals surface area contributed by atoms with E-state index in [2.05, 4.69) is 29.8 Å². The molecular weight excluding hydrogens is 318 g/mol. The number of hydrogen-bond acceptors (Lipinski definition) is 4. The Hall–Kier alpha value is -1.95. The number of rotatable bonds is 4. The van der Waals surface area contributed by atoms with E-state index in [-0.39, 0.29) is 0 Å². The molecule has 2 aliphatic heterocycles. The minimum absolute atomic E-state index is 0.453. The summed E-state index contributed by atoms with van der Waals surface area (Å²) in [6, 6.07) is 2.25. The van der Waals surface area contributed by atoms with E-state index in [9.17, 15) is 9.90 Å². The van der Waals surface area contributed by atoms with Crippen LogP contribution < -0.4 is 9.64 Å². The average molecular weight is 347 g/mol. The van der Waals surface area contributed by atoms with Crippen molar-refractivity contribution in [2.24, 2.45) is 0 Å². The third-order valence-electron chi connectivity index (χ3n) is 5.37. The maximum Gasteiger partial charge on any atom is 0.407 e. The molecule has 25 heavy (non-hydrogen) atoms. The number of carbonyl (C=O) groups is 1. The Bertz CT molecular complexity index is 639. The van der Waals surface area contributed by atoms with Crippen LogP contribution >= 0.6 is 0 Å². The van der Waals surface area contributed by atoms with E-state index in [1.165, 1.54) is 21.7 Å². The molecule has 0 radical (unpaired) electrons. The molecule has 2 aliphatic rings. The zero-order valence-corrected chi connectivity index (χ0v) is 15.5. The summed E-state index contributed by atoms with van der Waals surface area (Å²) < 4.78 is 5.76. The molecule has 0 saturated carbocycles. The first-order chi connectivity index (χ1) is 12.0. The molecule has 0 aliphatic carbocycles. The van der Waals surface area contributed by atoms with Crippen molar-refractivity contribution >= 4 is 11.8 Å². The second-order valence-electron chi connectivity index (χ2n) is 7.04. The number of piperazine rings is 1. The first-order valence-corrected chi connectivity index (χ1v) is 9.18. The first kappa shape index (κ1) is 17.9.